The Morgan fingerprint density at radius 1 is 0.486 bits per heavy atom. The first-order chi connectivity index (χ1) is 16.8. The predicted octanol–water partition coefficient (Wildman–Crippen LogP) is 11.4. The van der Waals surface area contributed by atoms with E-state index in [0.717, 1.165) is 30.7 Å². The molecule has 176 valence electrons. The van der Waals surface area contributed by atoms with Gasteiger partial charge in [0.2, 0.25) is 0 Å². The molecule has 0 atom stereocenters. The number of hydrogen-bond donors (Lipinski definition) is 0. The van der Waals surface area contributed by atoms with Gasteiger partial charge in [0.15, 0.2) is 0 Å². The third kappa shape index (κ3) is 3.55. The molecule has 0 aromatic heterocycles. The van der Waals surface area contributed by atoms with E-state index in [1.165, 1.54) is 44.5 Å². The van der Waals surface area contributed by atoms with E-state index in [2.05, 4.69) is 162 Å². The zero-order chi connectivity index (χ0) is 24.5. The van der Waals surface area contributed by atoms with Crippen LogP contribution in [0.15, 0.2) is 90.7 Å². The summed E-state index contributed by atoms with van der Waals surface area (Å²) in [6, 6.07) is 27.2. The molecular weight excluding hydrogens is 712 g/mol. The zero-order valence-corrected chi connectivity index (χ0v) is 26.4. The van der Waals surface area contributed by atoms with Gasteiger partial charge >= 0.3 is 0 Å². The highest BCUT2D eigenvalue weighted by atomic mass is 79.9. The lowest BCUT2D eigenvalue weighted by atomic mass is 9.92. The highest BCUT2D eigenvalue weighted by molar-refractivity contribution is 9.11. The van der Waals surface area contributed by atoms with Gasteiger partial charge in [0.05, 0.1) is 9.49 Å². The summed E-state index contributed by atoms with van der Waals surface area (Å²) in [6.45, 7) is 4.69. The van der Waals surface area contributed by atoms with Gasteiger partial charge in [0.25, 0.3) is 0 Å². The summed E-state index contributed by atoms with van der Waals surface area (Å²) in [4.78, 5) is 0. The van der Waals surface area contributed by atoms with E-state index in [0.29, 0.717) is 0 Å². The van der Waals surface area contributed by atoms with Crippen molar-refractivity contribution in [3.8, 4) is 22.3 Å². The molecule has 0 nitrogen and oxygen atoms in total. The van der Waals surface area contributed by atoms with Crippen molar-refractivity contribution in [1.82, 2.24) is 0 Å². The summed E-state index contributed by atoms with van der Waals surface area (Å²) in [5, 5.41) is 0. The Bertz CT molecular complexity index is 1290. The Labute approximate surface area is 244 Å². The van der Waals surface area contributed by atoms with E-state index in [1.807, 2.05) is 0 Å². The first-order valence-corrected chi connectivity index (χ1v) is 15.7. The Morgan fingerprint density at radius 3 is 0.971 bits per heavy atom. The molecule has 4 aromatic carbocycles. The number of halogens is 4. The van der Waals surface area contributed by atoms with Crippen LogP contribution >= 0.6 is 75.5 Å². The topological polar surface area (TPSA) is 0 Å². The van der Waals surface area contributed by atoms with Crippen LogP contribution in [0.3, 0.4) is 0 Å². The molecule has 0 radical (unpaired) electrons. The second-order valence-electron chi connectivity index (χ2n) is 9.22. The van der Waals surface area contributed by atoms with Crippen molar-refractivity contribution in [3.63, 3.8) is 0 Å². The van der Waals surface area contributed by atoms with Gasteiger partial charge < -0.3 is 0 Å². The van der Waals surface area contributed by atoms with Crippen molar-refractivity contribution in [1.29, 1.82) is 0 Å². The minimum absolute atomic E-state index is 0.183. The lowest BCUT2D eigenvalue weighted by Crippen LogP contribution is -2.31. The fourth-order valence-corrected chi connectivity index (χ4v) is 9.50. The molecule has 0 heterocycles. The van der Waals surface area contributed by atoms with Crippen molar-refractivity contribution in [2.75, 3.05) is 0 Å². The molecule has 0 unspecified atom stereocenters. The van der Waals surface area contributed by atoms with Gasteiger partial charge in [-0.3, -0.25) is 0 Å². The summed E-state index contributed by atoms with van der Waals surface area (Å²) in [7, 11) is 0. The first kappa shape index (κ1) is 24.5. The smallest absolute Gasteiger partial charge is 0.0679 e. The van der Waals surface area contributed by atoms with Crippen molar-refractivity contribution >= 4 is 75.5 Å². The van der Waals surface area contributed by atoms with Crippen LogP contribution in [0, 0.1) is 0 Å². The molecule has 2 aliphatic carbocycles. The average molecular weight is 734 g/mol. The summed E-state index contributed by atoms with van der Waals surface area (Å²) < 4.78 is 4.15. The molecule has 0 fully saturated rings. The monoisotopic (exact) mass is 730 g/mol. The van der Waals surface area contributed by atoms with E-state index in [4.69, 9.17) is 0 Å². The van der Waals surface area contributed by atoms with Crippen LogP contribution in [0.25, 0.3) is 22.3 Å². The van der Waals surface area contributed by atoms with Crippen molar-refractivity contribution < 1.29 is 0 Å². The third-order valence-electron chi connectivity index (χ3n) is 7.59. The van der Waals surface area contributed by atoms with Crippen molar-refractivity contribution in [2.24, 2.45) is 0 Å². The lowest BCUT2D eigenvalue weighted by molar-refractivity contribution is 0.672. The van der Waals surface area contributed by atoms with E-state index in [9.17, 15) is 0 Å². The molecule has 0 spiro atoms. The van der Waals surface area contributed by atoms with Crippen molar-refractivity contribution in [3.05, 3.63) is 113 Å². The molecule has 0 saturated carbocycles. The first-order valence-electron chi connectivity index (χ1n) is 11.7. The summed E-state index contributed by atoms with van der Waals surface area (Å²) in [5.41, 5.74) is 11.0. The van der Waals surface area contributed by atoms with Crippen LogP contribution in [-0.2, 0) is 9.49 Å². The highest BCUT2D eigenvalue weighted by Crippen LogP contribution is 2.68. The maximum absolute atomic E-state index is 3.79. The fourth-order valence-electron chi connectivity index (χ4n) is 6.06. The van der Waals surface area contributed by atoms with Gasteiger partial charge in [0.1, 0.15) is 0 Å². The standard InChI is InChI=1S/C30H22Br4S/c1-3-29(25-13-17(31)5-9-21(25)22-10-6-18(32)14-26(22)29)35-30(4-2)27-15-19(33)7-11-23(27)24-12-8-20(34)16-28(24)30/h5-16H,3-4H2,1-2H3. The molecule has 0 bridgehead atoms. The van der Waals surface area contributed by atoms with Crippen LogP contribution in [0.5, 0.6) is 0 Å². The van der Waals surface area contributed by atoms with Gasteiger partial charge in [-0.05, 0) is 106 Å². The number of thioether (sulfide) groups is 1. The van der Waals surface area contributed by atoms with Crippen LogP contribution < -0.4 is 0 Å². The minimum atomic E-state index is -0.183. The molecule has 2 aliphatic rings. The number of benzene rings is 4. The summed E-state index contributed by atoms with van der Waals surface area (Å²) >= 11 is 17.3. The molecule has 4 aromatic rings. The van der Waals surface area contributed by atoms with E-state index >= 15 is 0 Å². The molecule has 0 N–H and O–H groups in total. The van der Waals surface area contributed by atoms with Crippen molar-refractivity contribution in [2.45, 2.75) is 36.2 Å². The predicted molar refractivity (Wildman–Crippen MR) is 164 cm³/mol. The molecule has 0 saturated heterocycles. The number of hydrogen-bond acceptors (Lipinski definition) is 1. The lowest BCUT2D eigenvalue weighted by Gasteiger charge is -2.41. The van der Waals surface area contributed by atoms with E-state index in [1.54, 1.807) is 0 Å². The second-order valence-corrected chi connectivity index (χ2v) is 14.5. The molecule has 0 amide bonds. The molecule has 5 heteroatoms. The molecule has 6 rings (SSSR count). The molecule has 0 aliphatic heterocycles. The van der Waals surface area contributed by atoms with Crippen LogP contribution in [0.2, 0.25) is 0 Å². The second kappa shape index (κ2) is 8.87. The Kier molecular flexibility index (Phi) is 6.21. The van der Waals surface area contributed by atoms with Gasteiger partial charge in [-0.25, -0.2) is 0 Å². The highest BCUT2D eigenvalue weighted by Gasteiger charge is 2.52. The minimum Gasteiger partial charge on any atom is -0.129 e. The average Bonchev–Trinajstić information content (AvgIpc) is 3.25. The number of rotatable bonds is 4. The largest absolute Gasteiger partial charge is 0.129 e. The molecule has 35 heavy (non-hydrogen) atoms. The van der Waals surface area contributed by atoms with E-state index in [-0.39, 0.29) is 9.49 Å². The Balaban J connectivity index is 1.67. The van der Waals surface area contributed by atoms with E-state index < -0.39 is 0 Å². The number of fused-ring (bicyclic) bond motifs is 6. The maximum atomic E-state index is 3.79. The van der Waals surface area contributed by atoms with Crippen LogP contribution in [0.4, 0.5) is 0 Å². The third-order valence-corrected chi connectivity index (χ3v) is 11.7. The molecular formula is C30H22Br4S. The zero-order valence-electron chi connectivity index (χ0n) is 19.3. The SMILES string of the molecule is CCC1(SC2(CC)c3cc(Br)ccc3-c3ccc(Br)cc32)c2cc(Br)ccc2-c2ccc(Br)cc21. The Hall–Kier alpha value is -0.850. The van der Waals surface area contributed by atoms with Gasteiger partial charge in [-0.1, -0.05) is 102 Å². The van der Waals surface area contributed by atoms with Crippen LogP contribution in [-0.4, -0.2) is 0 Å². The summed E-state index contributed by atoms with van der Waals surface area (Å²) in [6.07, 6.45) is 2.00. The van der Waals surface area contributed by atoms with Crippen LogP contribution in [0.1, 0.15) is 48.9 Å². The summed E-state index contributed by atoms with van der Waals surface area (Å²) in [5.74, 6) is 0. The van der Waals surface area contributed by atoms with Gasteiger partial charge in [-0.2, -0.15) is 0 Å². The quantitative estimate of drug-likeness (QED) is 0.201. The fraction of sp³-hybridized carbons (Fsp3) is 0.200. The van der Waals surface area contributed by atoms with Gasteiger partial charge in [-0.15, -0.1) is 11.8 Å². The Morgan fingerprint density at radius 2 is 0.743 bits per heavy atom. The van der Waals surface area contributed by atoms with Gasteiger partial charge in [0, 0.05) is 17.9 Å². The maximum Gasteiger partial charge on any atom is 0.0679 e. The normalized spacial score (nSPS) is 15.9.